The molecule has 21 heavy (non-hydrogen) atoms. The van der Waals surface area contributed by atoms with Gasteiger partial charge in [-0.05, 0) is 37.6 Å². The largest absolute Gasteiger partial charge is 0.340 e. The zero-order valence-electron chi connectivity index (χ0n) is 13.3. The van der Waals surface area contributed by atoms with E-state index in [-0.39, 0.29) is 23.8 Å². The maximum Gasteiger partial charge on any atom is 0.248 e. The minimum Gasteiger partial charge on any atom is -0.340 e. The summed E-state index contributed by atoms with van der Waals surface area (Å²) in [5.74, 6) is 0.0321. The second-order valence-corrected chi connectivity index (χ2v) is 7.43. The normalized spacial score (nSPS) is 23.3. The number of hydrogen-bond acceptors (Lipinski definition) is 3. The van der Waals surface area contributed by atoms with E-state index in [2.05, 4.69) is 12.2 Å². The van der Waals surface area contributed by atoms with Crippen molar-refractivity contribution in [3.05, 3.63) is 22.4 Å². The minimum absolute atomic E-state index is 0.000972. The van der Waals surface area contributed by atoms with Crippen molar-refractivity contribution in [3.8, 4) is 0 Å². The number of carbonyl (C=O) groups is 2. The van der Waals surface area contributed by atoms with E-state index >= 15 is 0 Å². The molecule has 1 aliphatic heterocycles. The zero-order chi connectivity index (χ0) is 15.8. The first-order valence-electron chi connectivity index (χ1n) is 7.47. The number of thiophene rings is 1. The van der Waals surface area contributed by atoms with Crippen LogP contribution in [0.3, 0.4) is 0 Å². The molecule has 0 aromatic carbocycles. The summed E-state index contributed by atoms with van der Waals surface area (Å²) in [5, 5.41) is 4.88. The number of nitrogens with one attached hydrogen (secondary N) is 1. The van der Waals surface area contributed by atoms with Crippen molar-refractivity contribution in [3.63, 3.8) is 0 Å². The van der Waals surface area contributed by atoms with Crippen LogP contribution in [0.4, 0.5) is 0 Å². The van der Waals surface area contributed by atoms with Crippen LogP contribution in [0.25, 0.3) is 0 Å². The van der Waals surface area contributed by atoms with Crippen LogP contribution in [0.15, 0.2) is 17.5 Å². The van der Waals surface area contributed by atoms with Crippen LogP contribution in [0, 0.1) is 5.92 Å². The highest BCUT2D eigenvalue weighted by Crippen LogP contribution is 2.35. The van der Waals surface area contributed by atoms with E-state index in [0.29, 0.717) is 0 Å². The minimum atomic E-state index is -0.840. The average molecular weight is 308 g/mol. The zero-order valence-corrected chi connectivity index (χ0v) is 14.2. The van der Waals surface area contributed by atoms with Crippen molar-refractivity contribution in [2.75, 3.05) is 0 Å². The number of carbonyl (C=O) groups excluding carboxylic acids is 2. The third-order valence-corrected chi connectivity index (χ3v) is 4.97. The third-order valence-electron chi connectivity index (χ3n) is 4.00. The van der Waals surface area contributed by atoms with Gasteiger partial charge in [0.05, 0.1) is 6.04 Å². The van der Waals surface area contributed by atoms with Gasteiger partial charge in [0.1, 0.15) is 11.6 Å². The Kier molecular flexibility index (Phi) is 4.42. The predicted molar refractivity (Wildman–Crippen MR) is 85.0 cm³/mol. The number of hydrogen-bond donors (Lipinski definition) is 1. The molecule has 0 saturated carbocycles. The standard InChI is InChI=1S/C16H24N2O2S/c1-6-11(12-8-7-9-21-12)18-13(10(2)3)14(19)17-16(4,5)15(18)20/h7-11,13H,6H2,1-5H3,(H,17,19). The van der Waals surface area contributed by atoms with Crippen molar-refractivity contribution in [1.82, 2.24) is 10.2 Å². The molecule has 0 spiro atoms. The van der Waals surface area contributed by atoms with Crippen molar-refractivity contribution >= 4 is 23.2 Å². The summed E-state index contributed by atoms with van der Waals surface area (Å²) in [4.78, 5) is 28.4. The van der Waals surface area contributed by atoms with Gasteiger partial charge in [-0.1, -0.05) is 26.8 Å². The fourth-order valence-corrected chi connectivity index (χ4v) is 3.89. The molecule has 0 radical (unpaired) electrons. The van der Waals surface area contributed by atoms with E-state index in [1.165, 1.54) is 0 Å². The van der Waals surface area contributed by atoms with Crippen molar-refractivity contribution in [2.45, 2.75) is 58.7 Å². The highest BCUT2D eigenvalue weighted by molar-refractivity contribution is 7.10. The summed E-state index contributed by atoms with van der Waals surface area (Å²) in [6, 6.07) is 3.60. The summed E-state index contributed by atoms with van der Waals surface area (Å²) in [7, 11) is 0. The first-order valence-corrected chi connectivity index (χ1v) is 8.35. The summed E-state index contributed by atoms with van der Waals surface area (Å²) < 4.78 is 0. The molecule has 2 atom stereocenters. The van der Waals surface area contributed by atoms with E-state index in [0.717, 1.165) is 11.3 Å². The van der Waals surface area contributed by atoms with Gasteiger partial charge in [0.2, 0.25) is 11.8 Å². The van der Waals surface area contributed by atoms with Crippen LogP contribution in [0.5, 0.6) is 0 Å². The van der Waals surface area contributed by atoms with Gasteiger partial charge in [0, 0.05) is 4.88 Å². The maximum absolute atomic E-state index is 12.9. The molecule has 2 amide bonds. The van der Waals surface area contributed by atoms with Gasteiger partial charge in [-0.2, -0.15) is 0 Å². The SMILES string of the molecule is CCC(c1cccs1)N1C(=O)C(C)(C)NC(=O)C1C(C)C. The third kappa shape index (κ3) is 2.84. The first kappa shape index (κ1) is 16.0. The molecule has 2 heterocycles. The summed E-state index contributed by atoms with van der Waals surface area (Å²) >= 11 is 1.64. The highest BCUT2D eigenvalue weighted by atomic mass is 32.1. The van der Waals surface area contributed by atoms with Gasteiger partial charge < -0.3 is 10.2 Å². The molecular weight excluding hydrogens is 284 g/mol. The van der Waals surface area contributed by atoms with Gasteiger partial charge in [0.25, 0.3) is 0 Å². The van der Waals surface area contributed by atoms with Crippen LogP contribution >= 0.6 is 11.3 Å². The average Bonchev–Trinajstić information content (AvgIpc) is 2.88. The Balaban J connectivity index is 2.47. The molecule has 0 aliphatic carbocycles. The molecule has 5 heteroatoms. The molecule has 1 aliphatic rings. The van der Waals surface area contributed by atoms with Crippen molar-refractivity contribution in [2.24, 2.45) is 5.92 Å². The maximum atomic E-state index is 12.9. The molecule has 1 aromatic heterocycles. The quantitative estimate of drug-likeness (QED) is 0.929. The molecule has 2 rings (SSSR count). The van der Waals surface area contributed by atoms with Crippen molar-refractivity contribution < 1.29 is 9.59 Å². The number of rotatable bonds is 4. The van der Waals surface area contributed by atoms with E-state index < -0.39 is 11.6 Å². The predicted octanol–water partition coefficient (Wildman–Crippen LogP) is 2.96. The second-order valence-electron chi connectivity index (χ2n) is 6.45. The lowest BCUT2D eigenvalue weighted by Gasteiger charge is -2.47. The van der Waals surface area contributed by atoms with E-state index in [4.69, 9.17) is 0 Å². The fourth-order valence-electron chi connectivity index (χ4n) is 2.99. The molecule has 4 nitrogen and oxygen atoms in total. The molecule has 116 valence electrons. The van der Waals surface area contributed by atoms with Gasteiger partial charge in [-0.15, -0.1) is 11.3 Å². The van der Waals surface area contributed by atoms with Crippen LogP contribution in [-0.2, 0) is 9.59 Å². The first-order chi connectivity index (χ1) is 9.79. The molecule has 1 N–H and O–H groups in total. The Morgan fingerprint density at radius 3 is 2.52 bits per heavy atom. The van der Waals surface area contributed by atoms with Crippen LogP contribution < -0.4 is 5.32 Å². The lowest BCUT2D eigenvalue weighted by Crippen LogP contribution is -2.69. The van der Waals surface area contributed by atoms with Crippen molar-refractivity contribution in [1.29, 1.82) is 0 Å². The number of amides is 2. The number of piperazine rings is 1. The lowest BCUT2D eigenvalue weighted by atomic mass is 9.89. The molecule has 0 bridgehead atoms. The van der Waals surface area contributed by atoms with Gasteiger partial charge in [-0.25, -0.2) is 0 Å². The molecule has 1 aromatic rings. The van der Waals surface area contributed by atoms with E-state index in [1.54, 1.807) is 25.2 Å². The Labute approximate surface area is 130 Å². The van der Waals surface area contributed by atoms with Gasteiger partial charge in [0.15, 0.2) is 0 Å². The monoisotopic (exact) mass is 308 g/mol. The Hall–Kier alpha value is -1.36. The lowest BCUT2D eigenvalue weighted by molar-refractivity contribution is -0.158. The Morgan fingerprint density at radius 1 is 1.38 bits per heavy atom. The molecule has 2 unspecified atom stereocenters. The topological polar surface area (TPSA) is 49.4 Å². The van der Waals surface area contributed by atoms with Crippen LogP contribution in [0.2, 0.25) is 0 Å². The second kappa shape index (κ2) is 5.79. The fraction of sp³-hybridized carbons (Fsp3) is 0.625. The summed E-state index contributed by atoms with van der Waals surface area (Å²) in [6.45, 7) is 9.60. The molecule has 1 saturated heterocycles. The summed E-state index contributed by atoms with van der Waals surface area (Å²) in [6.07, 6.45) is 0.804. The van der Waals surface area contributed by atoms with Gasteiger partial charge in [-0.3, -0.25) is 9.59 Å². The van der Waals surface area contributed by atoms with E-state index in [9.17, 15) is 9.59 Å². The summed E-state index contributed by atoms with van der Waals surface area (Å²) in [5.41, 5.74) is -0.840. The highest BCUT2D eigenvalue weighted by Gasteiger charge is 2.48. The van der Waals surface area contributed by atoms with Gasteiger partial charge >= 0.3 is 0 Å². The Morgan fingerprint density at radius 2 is 2.05 bits per heavy atom. The smallest absolute Gasteiger partial charge is 0.248 e. The molecular formula is C16H24N2O2S. The van der Waals surface area contributed by atoms with Crippen LogP contribution in [-0.4, -0.2) is 28.3 Å². The van der Waals surface area contributed by atoms with E-state index in [1.807, 2.05) is 36.3 Å². The van der Waals surface area contributed by atoms with Crippen LogP contribution in [0.1, 0.15) is 52.0 Å². The number of nitrogens with zero attached hydrogens (tertiary/aromatic N) is 1. The molecule has 1 fully saturated rings. The Bertz CT molecular complexity index is 522.